The van der Waals surface area contributed by atoms with Gasteiger partial charge >= 0.3 is 6.18 Å². The Hall–Kier alpha value is -2.31. The summed E-state index contributed by atoms with van der Waals surface area (Å²) in [5.74, 6) is -1.59. The summed E-state index contributed by atoms with van der Waals surface area (Å²) in [4.78, 5) is 21.1. The zero-order valence-electron chi connectivity index (χ0n) is 12.8. The van der Waals surface area contributed by atoms with E-state index < -0.39 is 23.4 Å². The van der Waals surface area contributed by atoms with Crippen molar-refractivity contribution in [1.82, 2.24) is 9.97 Å². The van der Waals surface area contributed by atoms with Crippen LogP contribution in [0.2, 0.25) is 0 Å². The van der Waals surface area contributed by atoms with Crippen molar-refractivity contribution in [2.24, 2.45) is 0 Å². The van der Waals surface area contributed by atoms with E-state index in [0.29, 0.717) is 16.0 Å². The predicted octanol–water partition coefficient (Wildman–Crippen LogP) is 4.82. The number of aromatic nitrogens is 2. The van der Waals surface area contributed by atoms with Gasteiger partial charge in [0.1, 0.15) is 5.01 Å². The molecule has 0 saturated heterocycles. The molecule has 9 heteroatoms. The number of Topliss-reactive ketones (excluding diaryl/α,β-unsaturated/α-hetero) is 1. The fraction of sp³-hybridized carbons (Fsp3) is 0.250. The van der Waals surface area contributed by atoms with Crippen LogP contribution in [0.25, 0.3) is 10.2 Å². The lowest BCUT2D eigenvalue weighted by Crippen LogP contribution is -2.09. The number of alkyl halides is 3. The third kappa shape index (κ3) is 3.41. The number of nitriles is 1. The molecule has 0 bridgehead atoms. The molecule has 1 unspecified atom stereocenters. The number of rotatable bonds is 4. The van der Waals surface area contributed by atoms with Crippen LogP contribution in [-0.2, 0) is 12.6 Å². The Kier molecular flexibility index (Phi) is 4.58. The van der Waals surface area contributed by atoms with Gasteiger partial charge in [0, 0.05) is 6.20 Å². The quantitative estimate of drug-likeness (QED) is 0.608. The highest BCUT2D eigenvalue weighted by Crippen LogP contribution is 2.35. The molecule has 3 aromatic rings. The van der Waals surface area contributed by atoms with Crippen molar-refractivity contribution in [3.63, 3.8) is 0 Å². The molecule has 128 valence electrons. The van der Waals surface area contributed by atoms with Gasteiger partial charge in [-0.2, -0.15) is 18.4 Å². The number of aryl methyl sites for hydroxylation is 1. The first-order chi connectivity index (χ1) is 11.8. The minimum Gasteiger partial charge on any atom is -0.291 e. The molecule has 25 heavy (non-hydrogen) atoms. The van der Waals surface area contributed by atoms with E-state index in [1.807, 2.05) is 13.0 Å². The van der Waals surface area contributed by atoms with Crippen LogP contribution in [0, 0.1) is 11.3 Å². The number of hydrogen-bond donors (Lipinski definition) is 0. The van der Waals surface area contributed by atoms with Gasteiger partial charge in [0.2, 0.25) is 0 Å². The van der Waals surface area contributed by atoms with Gasteiger partial charge in [0.25, 0.3) is 0 Å². The van der Waals surface area contributed by atoms with Crippen LogP contribution in [0.15, 0.2) is 24.4 Å². The maximum atomic E-state index is 12.8. The minimum absolute atomic E-state index is 0.126. The van der Waals surface area contributed by atoms with Gasteiger partial charge in [-0.1, -0.05) is 6.92 Å². The predicted molar refractivity (Wildman–Crippen MR) is 88.8 cm³/mol. The van der Waals surface area contributed by atoms with Crippen molar-refractivity contribution in [3.8, 4) is 6.07 Å². The molecule has 0 spiro atoms. The number of carbonyl (C=O) groups is 1. The molecule has 0 aliphatic rings. The highest BCUT2D eigenvalue weighted by atomic mass is 32.1. The van der Waals surface area contributed by atoms with Crippen molar-refractivity contribution >= 4 is 38.7 Å². The summed E-state index contributed by atoms with van der Waals surface area (Å²) in [5, 5.41) is 10.3. The SMILES string of the molecule is CCc1ncc(C(=O)C(C#N)c2nc3cc(C(F)(F)F)ccc3s2)s1. The van der Waals surface area contributed by atoms with E-state index in [1.165, 1.54) is 23.6 Å². The maximum absolute atomic E-state index is 12.8. The zero-order valence-corrected chi connectivity index (χ0v) is 14.4. The Balaban J connectivity index is 1.98. The summed E-state index contributed by atoms with van der Waals surface area (Å²) in [6.07, 6.45) is -2.37. The Morgan fingerprint density at radius 3 is 2.72 bits per heavy atom. The molecule has 0 saturated carbocycles. The first-order valence-corrected chi connectivity index (χ1v) is 8.83. The van der Waals surface area contributed by atoms with Gasteiger partial charge in [0.15, 0.2) is 11.7 Å². The average Bonchev–Trinajstić information content (AvgIpc) is 3.20. The Morgan fingerprint density at radius 2 is 2.12 bits per heavy atom. The lowest BCUT2D eigenvalue weighted by molar-refractivity contribution is -0.137. The van der Waals surface area contributed by atoms with Gasteiger partial charge in [-0.15, -0.1) is 22.7 Å². The van der Waals surface area contributed by atoms with Gasteiger partial charge in [-0.25, -0.2) is 9.97 Å². The van der Waals surface area contributed by atoms with E-state index in [-0.39, 0.29) is 10.5 Å². The number of benzene rings is 1. The van der Waals surface area contributed by atoms with E-state index in [4.69, 9.17) is 0 Å². The molecule has 0 N–H and O–H groups in total. The number of fused-ring (bicyclic) bond motifs is 1. The van der Waals surface area contributed by atoms with E-state index in [9.17, 15) is 23.2 Å². The maximum Gasteiger partial charge on any atom is 0.416 e. The summed E-state index contributed by atoms with van der Waals surface area (Å²) >= 11 is 2.26. The minimum atomic E-state index is -4.47. The van der Waals surface area contributed by atoms with Crippen molar-refractivity contribution in [3.05, 3.63) is 44.9 Å². The van der Waals surface area contributed by atoms with Crippen LogP contribution < -0.4 is 0 Å². The highest BCUT2D eigenvalue weighted by Gasteiger charge is 2.32. The average molecular weight is 381 g/mol. The first kappa shape index (κ1) is 17.5. The Morgan fingerprint density at radius 1 is 1.36 bits per heavy atom. The van der Waals surface area contributed by atoms with Crippen LogP contribution in [0.1, 0.15) is 38.1 Å². The van der Waals surface area contributed by atoms with Crippen LogP contribution in [0.4, 0.5) is 13.2 Å². The first-order valence-electron chi connectivity index (χ1n) is 7.19. The highest BCUT2D eigenvalue weighted by molar-refractivity contribution is 7.19. The standard InChI is InChI=1S/C16H10F3N3OS2/c1-2-13-21-7-12(24-13)14(23)9(6-20)15-22-10-5-8(16(17,18)19)3-4-11(10)25-15/h3-5,7,9H,2H2,1H3. The largest absolute Gasteiger partial charge is 0.416 e. The van der Waals surface area contributed by atoms with Gasteiger partial charge in [0.05, 0.1) is 31.7 Å². The molecule has 2 aromatic heterocycles. The monoisotopic (exact) mass is 381 g/mol. The second-order valence-corrected chi connectivity index (χ2v) is 7.31. The summed E-state index contributed by atoms with van der Waals surface area (Å²) in [6.45, 7) is 1.90. The fourth-order valence-electron chi connectivity index (χ4n) is 2.20. The fourth-order valence-corrected chi connectivity index (χ4v) is 4.02. The van der Waals surface area contributed by atoms with Crippen LogP contribution >= 0.6 is 22.7 Å². The summed E-state index contributed by atoms with van der Waals surface area (Å²) in [5.41, 5.74) is -0.687. The molecular formula is C16H10F3N3OS2. The van der Waals surface area contributed by atoms with Gasteiger partial charge < -0.3 is 0 Å². The third-order valence-corrected chi connectivity index (χ3v) is 5.73. The van der Waals surface area contributed by atoms with E-state index >= 15 is 0 Å². The molecule has 0 fully saturated rings. The lowest BCUT2D eigenvalue weighted by atomic mass is 10.1. The molecule has 0 amide bonds. The smallest absolute Gasteiger partial charge is 0.291 e. The van der Waals surface area contributed by atoms with Crippen LogP contribution in [-0.4, -0.2) is 15.8 Å². The number of nitrogens with zero attached hydrogens (tertiary/aromatic N) is 3. The van der Waals surface area contributed by atoms with E-state index in [0.717, 1.165) is 28.5 Å². The number of ketones is 1. The third-order valence-electron chi connectivity index (χ3n) is 3.47. The van der Waals surface area contributed by atoms with Crippen molar-refractivity contribution in [2.75, 3.05) is 0 Å². The second-order valence-electron chi connectivity index (χ2n) is 5.13. The van der Waals surface area contributed by atoms with Crippen molar-refractivity contribution in [2.45, 2.75) is 25.4 Å². The molecule has 0 aliphatic heterocycles. The molecule has 1 atom stereocenters. The van der Waals surface area contributed by atoms with Crippen molar-refractivity contribution in [1.29, 1.82) is 5.26 Å². The topological polar surface area (TPSA) is 66.6 Å². The summed E-state index contributed by atoms with van der Waals surface area (Å²) in [7, 11) is 0. The van der Waals surface area contributed by atoms with Crippen LogP contribution in [0.3, 0.4) is 0 Å². The molecular weight excluding hydrogens is 371 g/mol. The Bertz CT molecular complexity index is 985. The van der Waals surface area contributed by atoms with E-state index in [2.05, 4.69) is 9.97 Å². The number of hydrogen-bond acceptors (Lipinski definition) is 6. The molecule has 1 aromatic carbocycles. The zero-order chi connectivity index (χ0) is 18.2. The van der Waals surface area contributed by atoms with Crippen molar-refractivity contribution < 1.29 is 18.0 Å². The van der Waals surface area contributed by atoms with Gasteiger partial charge in [-0.05, 0) is 24.6 Å². The van der Waals surface area contributed by atoms with E-state index in [1.54, 1.807) is 0 Å². The normalized spacial score (nSPS) is 12.9. The summed E-state index contributed by atoms with van der Waals surface area (Å²) < 4.78 is 38.9. The molecule has 4 nitrogen and oxygen atoms in total. The number of thiazole rings is 2. The lowest BCUT2D eigenvalue weighted by Gasteiger charge is -2.04. The second kappa shape index (κ2) is 6.54. The molecule has 0 radical (unpaired) electrons. The molecule has 0 aliphatic carbocycles. The Labute approximate surface area is 148 Å². The van der Waals surface area contributed by atoms with Gasteiger partial charge in [-0.3, -0.25) is 4.79 Å². The molecule has 2 heterocycles. The molecule has 3 rings (SSSR count). The number of carbonyl (C=O) groups excluding carboxylic acids is 1. The summed E-state index contributed by atoms with van der Waals surface area (Å²) in [6, 6.07) is 5.10. The number of halogens is 3. The van der Waals surface area contributed by atoms with Crippen LogP contribution in [0.5, 0.6) is 0 Å².